The first kappa shape index (κ1) is 25.3. The lowest BCUT2D eigenvalue weighted by Gasteiger charge is -2.18. The average Bonchev–Trinajstić information content (AvgIpc) is 3.44. The highest BCUT2D eigenvalue weighted by Gasteiger charge is 2.37. The molecule has 0 N–H and O–H groups in total. The van der Waals surface area contributed by atoms with Gasteiger partial charge in [0.1, 0.15) is 13.2 Å². The highest BCUT2D eigenvalue weighted by atomic mass is 79.9. The Hall–Kier alpha value is -2.78. The van der Waals surface area contributed by atoms with Gasteiger partial charge in [0.2, 0.25) is 5.91 Å². The summed E-state index contributed by atoms with van der Waals surface area (Å²) >= 11 is 4.40. The summed E-state index contributed by atoms with van der Waals surface area (Å²) < 4.78 is 12.5. The van der Waals surface area contributed by atoms with Crippen LogP contribution >= 0.6 is 27.7 Å². The van der Waals surface area contributed by atoms with Crippen LogP contribution in [0.2, 0.25) is 0 Å². The lowest BCUT2D eigenvalue weighted by atomic mass is 10.1. The number of imide groups is 1. The predicted molar refractivity (Wildman–Crippen MR) is 139 cm³/mol. The number of hydrogen-bond acceptors (Lipinski definition) is 6. The first-order chi connectivity index (χ1) is 16.9. The molecule has 184 valence electrons. The summed E-state index contributed by atoms with van der Waals surface area (Å²) in [5.74, 6) is 0.447. The number of thioether (sulfide) groups is 1. The topological polar surface area (TPSA) is 76.2 Å². The number of aryl methyl sites for hydroxylation is 1. The van der Waals surface area contributed by atoms with E-state index in [0.717, 1.165) is 40.6 Å². The van der Waals surface area contributed by atoms with Crippen molar-refractivity contribution < 1.29 is 23.9 Å². The molecule has 0 spiro atoms. The van der Waals surface area contributed by atoms with E-state index in [1.807, 2.05) is 38.1 Å². The summed E-state index contributed by atoms with van der Waals surface area (Å²) in [4.78, 5) is 40.8. The Morgan fingerprint density at radius 3 is 2.63 bits per heavy atom. The Labute approximate surface area is 217 Å². The van der Waals surface area contributed by atoms with E-state index in [4.69, 9.17) is 9.47 Å². The van der Waals surface area contributed by atoms with Gasteiger partial charge in [-0.1, -0.05) is 29.8 Å². The molecule has 7 nitrogen and oxygen atoms in total. The van der Waals surface area contributed by atoms with Gasteiger partial charge in [0, 0.05) is 13.1 Å². The fourth-order valence-corrected chi connectivity index (χ4v) is 5.43. The van der Waals surface area contributed by atoms with Crippen LogP contribution in [0.4, 0.5) is 4.79 Å². The van der Waals surface area contributed by atoms with Crippen LogP contribution in [-0.2, 0) is 16.2 Å². The van der Waals surface area contributed by atoms with Crippen LogP contribution < -0.4 is 9.47 Å². The van der Waals surface area contributed by atoms with Gasteiger partial charge in [0.15, 0.2) is 11.5 Å². The van der Waals surface area contributed by atoms with E-state index in [0.29, 0.717) is 47.8 Å². The number of amides is 3. The first-order valence-electron chi connectivity index (χ1n) is 11.5. The van der Waals surface area contributed by atoms with Crippen molar-refractivity contribution in [3.63, 3.8) is 0 Å². The Bertz CT molecular complexity index is 1180. The molecule has 3 amide bonds. The second-order valence-corrected chi connectivity index (χ2v) is 10.2. The maximum Gasteiger partial charge on any atom is 0.294 e. The summed E-state index contributed by atoms with van der Waals surface area (Å²) in [6, 6.07) is 11.7. The number of benzene rings is 2. The van der Waals surface area contributed by atoms with E-state index >= 15 is 0 Å². The maximum atomic E-state index is 12.9. The van der Waals surface area contributed by atoms with Crippen molar-refractivity contribution in [3.05, 3.63) is 62.5 Å². The first-order valence-corrected chi connectivity index (χ1v) is 13.1. The molecule has 0 aromatic heterocycles. The fraction of sp³-hybridized carbons (Fsp3) is 0.346. The summed E-state index contributed by atoms with van der Waals surface area (Å²) in [6.07, 6.45) is 3.55. The molecule has 2 aliphatic rings. The van der Waals surface area contributed by atoms with E-state index in [1.165, 1.54) is 0 Å². The normalized spacial score (nSPS) is 16.9. The van der Waals surface area contributed by atoms with Crippen molar-refractivity contribution in [2.45, 2.75) is 33.3 Å². The largest absolute Gasteiger partial charge is 0.490 e. The van der Waals surface area contributed by atoms with Gasteiger partial charge in [-0.15, -0.1) is 0 Å². The van der Waals surface area contributed by atoms with Crippen molar-refractivity contribution in [3.8, 4) is 11.5 Å². The Balaban J connectivity index is 1.52. The summed E-state index contributed by atoms with van der Waals surface area (Å²) in [7, 11) is 0. The van der Waals surface area contributed by atoms with E-state index in [1.54, 1.807) is 17.0 Å². The number of carbonyl (C=O) groups is 3. The van der Waals surface area contributed by atoms with E-state index in [2.05, 4.69) is 22.0 Å². The van der Waals surface area contributed by atoms with Gasteiger partial charge in [0.25, 0.3) is 11.1 Å². The van der Waals surface area contributed by atoms with Gasteiger partial charge in [0.05, 0.1) is 16.0 Å². The van der Waals surface area contributed by atoms with Crippen molar-refractivity contribution in [2.75, 3.05) is 26.2 Å². The SMILES string of the molecule is CCOc1cc(/C=C2/SC(=O)N(CC(=O)N3CCCC3)C2=O)cc(Br)c1OCc1cccc(C)c1. The number of ether oxygens (including phenoxy) is 2. The van der Waals surface area contributed by atoms with Gasteiger partial charge < -0.3 is 14.4 Å². The van der Waals surface area contributed by atoms with Crippen LogP contribution in [0, 0.1) is 6.92 Å². The number of hydrogen-bond donors (Lipinski definition) is 0. The number of carbonyl (C=O) groups excluding carboxylic acids is 3. The zero-order chi connectivity index (χ0) is 24.9. The summed E-state index contributed by atoms with van der Waals surface area (Å²) in [5, 5.41) is -0.434. The quantitative estimate of drug-likeness (QED) is 0.404. The van der Waals surface area contributed by atoms with Crippen LogP contribution in [0.1, 0.15) is 36.5 Å². The van der Waals surface area contributed by atoms with Crippen molar-refractivity contribution >= 4 is 50.8 Å². The Morgan fingerprint density at radius 2 is 1.91 bits per heavy atom. The van der Waals surface area contributed by atoms with E-state index in [9.17, 15) is 14.4 Å². The van der Waals surface area contributed by atoms with Gasteiger partial charge in [-0.05, 0) is 83.7 Å². The van der Waals surface area contributed by atoms with Crippen molar-refractivity contribution in [1.29, 1.82) is 0 Å². The smallest absolute Gasteiger partial charge is 0.294 e. The lowest BCUT2D eigenvalue weighted by Crippen LogP contribution is -2.40. The second-order valence-electron chi connectivity index (χ2n) is 8.40. The summed E-state index contributed by atoms with van der Waals surface area (Å²) in [6.45, 7) is 5.86. The molecule has 4 rings (SSSR count). The zero-order valence-corrected chi connectivity index (χ0v) is 22.1. The minimum absolute atomic E-state index is 0.192. The molecular formula is C26H27BrN2O5S. The number of rotatable bonds is 8. The highest BCUT2D eigenvalue weighted by Crippen LogP contribution is 2.39. The van der Waals surface area contributed by atoms with Gasteiger partial charge in [-0.3, -0.25) is 19.3 Å². The molecule has 0 saturated carbocycles. The van der Waals surface area contributed by atoms with Crippen LogP contribution in [0.25, 0.3) is 6.08 Å². The Morgan fingerprint density at radius 1 is 1.14 bits per heavy atom. The molecule has 35 heavy (non-hydrogen) atoms. The molecule has 0 atom stereocenters. The fourth-order valence-electron chi connectivity index (χ4n) is 4.02. The van der Waals surface area contributed by atoms with Gasteiger partial charge >= 0.3 is 0 Å². The molecule has 2 aromatic rings. The third-order valence-corrected chi connectivity index (χ3v) is 7.22. The third-order valence-electron chi connectivity index (χ3n) is 5.72. The number of halogens is 1. The molecule has 2 aromatic carbocycles. The molecule has 0 radical (unpaired) electrons. The molecule has 2 fully saturated rings. The van der Waals surface area contributed by atoms with Crippen molar-refractivity contribution in [1.82, 2.24) is 9.80 Å². The molecule has 0 aliphatic carbocycles. The van der Waals surface area contributed by atoms with Crippen LogP contribution in [0.3, 0.4) is 0 Å². The molecule has 2 aliphatic heterocycles. The zero-order valence-electron chi connectivity index (χ0n) is 19.7. The lowest BCUT2D eigenvalue weighted by molar-refractivity contribution is -0.135. The monoisotopic (exact) mass is 558 g/mol. The van der Waals surface area contributed by atoms with E-state index in [-0.39, 0.29) is 17.4 Å². The highest BCUT2D eigenvalue weighted by molar-refractivity contribution is 9.10. The molecule has 2 saturated heterocycles. The van der Waals surface area contributed by atoms with Crippen molar-refractivity contribution in [2.24, 2.45) is 0 Å². The van der Waals surface area contributed by atoms with Gasteiger partial charge in [-0.2, -0.15) is 0 Å². The van der Waals surface area contributed by atoms with E-state index < -0.39 is 11.1 Å². The molecule has 0 bridgehead atoms. The average molecular weight is 559 g/mol. The van der Waals surface area contributed by atoms with Crippen LogP contribution in [-0.4, -0.2) is 53.1 Å². The molecular weight excluding hydrogens is 532 g/mol. The maximum absolute atomic E-state index is 12.9. The van der Waals surface area contributed by atoms with Crippen LogP contribution in [0.15, 0.2) is 45.8 Å². The molecule has 9 heteroatoms. The molecule has 2 heterocycles. The molecule has 0 unspecified atom stereocenters. The standard InChI is InChI=1S/C26H27BrN2O5S/c1-3-33-21-13-19(12-20(27)24(21)34-16-18-8-6-7-17(2)11-18)14-22-25(31)29(26(32)35-22)15-23(30)28-9-4-5-10-28/h6-8,11-14H,3-5,9-10,15-16H2,1-2H3/b22-14+. The Kier molecular flexibility index (Phi) is 8.18. The third kappa shape index (κ3) is 6.08. The summed E-state index contributed by atoms with van der Waals surface area (Å²) in [5.41, 5.74) is 2.88. The number of likely N-dealkylation sites (tertiary alicyclic amines) is 1. The minimum Gasteiger partial charge on any atom is -0.490 e. The van der Waals surface area contributed by atoms with Crippen LogP contribution in [0.5, 0.6) is 11.5 Å². The second kappa shape index (κ2) is 11.3. The minimum atomic E-state index is -0.457. The van der Waals surface area contributed by atoms with Gasteiger partial charge in [-0.25, -0.2) is 0 Å². The number of nitrogens with zero attached hydrogens (tertiary/aromatic N) is 2. The predicted octanol–water partition coefficient (Wildman–Crippen LogP) is 5.39.